The molecule has 3 nitrogen and oxygen atoms in total. The topological polar surface area (TPSA) is 49.3 Å². The lowest BCUT2D eigenvalue weighted by Crippen LogP contribution is -2.35. The molecule has 0 bridgehead atoms. The molecule has 0 aliphatic carbocycles. The number of carbonyl (C=O) groups is 1. The summed E-state index contributed by atoms with van der Waals surface area (Å²) in [7, 11) is 0. The van der Waals surface area contributed by atoms with Crippen molar-refractivity contribution in [3.8, 4) is 11.8 Å². The van der Waals surface area contributed by atoms with Gasteiger partial charge in [-0.1, -0.05) is 11.8 Å². The molecule has 1 aromatic carbocycles. The fraction of sp³-hybridized carbons (Fsp3) is 0.400. The van der Waals surface area contributed by atoms with E-state index >= 15 is 0 Å². The van der Waals surface area contributed by atoms with E-state index in [2.05, 4.69) is 17.2 Å². The number of nitrogens with one attached hydrogen (secondary N) is 1. The number of amides is 1. The molecule has 1 unspecified atom stereocenters. The van der Waals surface area contributed by atoms with Crippen LogP contribution in [0.5, 0.6) is 0 Å². The van der Waals surface area contributed by atoms with Crippen molar-refractivity contribution in [3.63, 3.8) is 0 Å². The average Bonchev–Trinajstić information content (AvgIpc) is 2.93. The van der Waals surface area contributed by atoms with E-state index in [-0.39, 0.29) is 24.1 Å². The van der Waals surface area contributed by atoms with Crippen LogP contribution in [0.4, 0.5) is 4.39 Å². The number of benzene rings is 1. The Morgan fingerprint density at radius 2 is 2.40 bits per heavy atom. The molecule has 5 heteroatoms. The Hall–Kier alpha value is -1.51. The first-order valence-electron chi connectivity index (χ1n) is 6.48. The van der Waals surface area contributed by atoms with E-state index < -0.39 is 5.82 Å². The Kier molecular flexibility index (Phi) is 5.45. The number of aliphatic hydroxyl groups is 1. The SMILES string of the molecule is O=C(NC1CCSC1)c1cc(F)ccc1C#CCCO. The summed E-state index contributed by atoms with van der Waals surface area (Å²) in [4.78, 5) is 12.2. The van der Waals surface area contributed by atoms with Gasteiger partial charge in [-0.25, -0.2) is 4.39 Å². The second-order valence-corrected chi connectivity index (χ2v) is 5.65. The van der Waals surface area contributed by atoms with Crippen molar-refractivity contribution in [2.24, 2.45) is 0 Å². The first-order valence-corrected chi connectivity index (χ1v) is 7.64. The highest BCUT2D eigenvalue weighted by Gasteiger charge is 2.20. The van der Waals surface area contributed by atoms with Crippen LogP contribution in [0, 0.1) is 17.7 Å². The molecule has 1 saturated heterocycles. The summed E-state index contributed by atoms with van der Waals surface area (Å²) in [5.41, 5.74) is 0.746. The van der Waals surface area contributed by atoms with E-state index in [0.29, 0.717) is 12.0 Å². The zero-order valence-corrected chi connectivity index (χ0v) is 11.8. The third-order valence-electron chi connectivity index (χ3n) is 2.95. The molecule has 1 aromatic rings. The van der Waals surface area contributed by atoms with Gasteiger partial charge in [-0.2, -0.15) is 11.8 Å². The minimum absolute atomic E-state index is 0.0327. The number of rotatable bonds is 3. The molecule has 20 heavy (non-hydrogen) atoms. The van der Waals surface area contributed by atoms with Crippen LogP contribution in [0.3, 0.4) is 0 Å². The highest BCUT2D eigenvalue weighted by Crippen LogP contribution is 2.18. The van der Waals surface area contributed by atoms with Crippen LogP contribution in [0.1, 0.15) is 28.8 Å². The lowest BCUT2D eigenvalue weighted by Gasteiger charge is -2.12. The predicted molar refractivity (Wildman–Crippen MR) is 78.2 cm³/mol. The van der Waals surface area contributed by atoms with Gasteiger partial charge in [0.25, 0.3) is 5.91 Å². The van der Waals surface area contributed by atoms with Crippen LogP contribution < -0.4 is 5.32 Å². The van der Waals surface area contributed by atoms with E-state index in [1.165, 1.54) is 18.2 Å². The third-order valence-corrected chi connectivity index (χ3v) is 4.11. The van der Waals surface area contributed by atoms with Gasteiger partial charge in [0, 0.05) is 23.8 Å². The molecular weight excluding hydrogens is 277 g/mol. The number of aliphatic hydroxyl groups excluding tert-OH is 1. The van der Waals surface area contributed by atoms with Gasteiger partial charge in [-0.05, 0) is 30.4 Å². The molecule has 0 spiro atoms. The number of halogens is 1. The lowest BCUT2D eigenvalue weighted by atomic mass is 10.1. The normalized spacial score (nSPS) is 17.4. The average molecular weight is 293 g/mol. The summed E-state index contributed by atoms with van der Waals surface area (Å²) in [6, 6.07) is 4.14. The van der Waals surface area contributed by atoms with Crippen LogP contribution in [0.15, 0.2) is 18.2 Å². The van der Waals surface area contributed by atoms with E-state index in [4.69, 9.17) is 5.11 Å². The Bertz CT molecular complexity index is 545. The van der Waals surface area contributed by atoms with Crippen LogP contribution in [0.25, 0.3) is 0 Å². The highest BCUT2D eigenvalue weighted by atomic mass is 32.2. The van der Waals surface area contributed by atoms with E-state index in [1.54, 1.807) is 11.8 Å². The number of carbonyl (C=O) groups excluding carboxylic acids is 1. The Morgan fingerprint density at radius 3 is 3.10 bits per heavy atom. The summed E-state index contributed by atoms with van der Waals surface area (Å²) in [5, 5.41) is 11.6. The second kappa shape index (κ2) is 7.32. The fourth-order valence-electron chi connectivity index (χ4n) is 1.94. The molecule has 106 valence electrons. The molecule has 2 rings (SSSR count). The van der Waals surface area contributed by atoms with Gasteiger partial charge in [-0.3, -0.25) is 4.79 Å². The van der Waals surface area contributed by atoms with Gasteiger partial charge in [0.15, 0.2) is 0 Å². The number of hydrogen-bond acceptors (Lipinski definition) is 3. The van der Waals surface area contributed by atoms with Crippen molar-refractivity contribution in [1.82, 2.24) is 5.32 Å². The summed E-state index contributed by atoms with van der Waals surface area (Å²) >= 11 is 1.80. The van der Waals surface area contributed by atoms with Crippen LogP contribution >= 0.6 is 11.8 Å². The Morgan fingerprint density at radius 1 is 1.55 bits per heavy atom. The summed E-state index contributed by atoms with van der Waals surface area (Å²) < 4.78 is 13.3. The molecule has 0 aromatic heterocycles. The standard InChI is InChI=1S/C15H16FNO2S/c16-12-5-4-11(3-1-2-7-18)14(9-12)15(19)17-13-6-8-20-10-13/h4-5,9,13,18H,2,6-8,10H2,(H,17,19). The van der Waals surface area contributed by atoms with Crippen molar-refractivity contribution in [2.75, 3.05) is 18.1 Å². The molecule has 0 saturated carbocycles. The van der Waals surface area contributed by atoms with Crippen molar-refractivity contribution in [1.29, 1.82) is 0 Å². The lowest BCUT2D eigenvalue weighted by molar-refractivity contribution is 0.0940. The van der Waals surface area contributed by atoms with Gasteiger partial charge in [0.05, 0.1) is 12.2 Å². The number of thioether (sulfide) groups is 1. The van der Waals surface area contributed by atoms with Crippen LogP contribution in [-0.4, -0.2) is 35.2 Å². The van der Waals surface area contributed by atoms with Crippen molar-refractivity contribution in [3.05, 3.63) is 35.1 Å². The second-order valence-electron chi connectivity index (χ2n) is 4.50. The zero-order valence-electron chi connectivity index (χ0n) is 11.0. The maximum atomic E-state index is 13.3. The fourth-order valence-corrected chi connectivity index (χ4v) is 3.09. The van der Waals surface area contributed by atoms with Gasteiger partial charge < -0.3 is 10.4 Å². The minimum Gasteiger partial charge on any atom is -0.395 e. The summed E-state index contributed by atoms with van der Waals surface area (Å²) in [6.45, 7) is -0.0327. The zero-order chi connectivity index (χ0) is 14.4. The summed E-state index contributed by atoms with van der Waals surface area (Å²) in [5.74, 6) is 6.75. The van der Waals surface area contributed by atoms with E-state index in [0.717, 1.165) is 17.9 Å². The van der Waals surface area contributed by atoms with Crippen molar-refractivity contribution < 1.29 is 14.3 Å². The van der Waals surface area contributed by atoms with Gasteiger partial charge in [0.1, 0.15) is 5.82 Å². The van der Waals surface area contributed by atoms with Crippen LogP contribution in [0.2, 0.25) is 0 Å². The maximum Gasteiger partial charge on any atom is 0.252 e. The summed E-state index contributed by atoms with van der Waals surface area (Å²) in [6.07, 6.45) is 1.27. The molecule has 1 atom stereocenters. The van der Waals surface area contributed by atoms with E-state index in [1.807, 2.05) is 0 Å². The van der Waals surface area contributed by atoms with Gasteiger partial charge in [-0.15, -0.1) is 0 Å². The molecule has 0 radical (unpaired) electrons. The molecular formula is C15H16FNO2S. The minimum atomic E-state index is -0.455. The molecule has 1 aliphatic heterocycles. The van der Waals surface area contributed by atoms with Gasteiger partial charge in [0.2, 0.25) is 0 Å². The number of hydrogen-bond donors (Lipinski definition) is 2. The predicted octanol–water partition coefficient (Wildman–Crippen LogP) is 1.79. The first-order chi connectivity index (χ1) is 9.70. The molecule has 1 amide bonds. The van der Waals surface area contributed by atoms with Crippen molar-refractivity contribution >= 4 is 17.7 Å². The smallest absolute Gasteiger partial charge is 0.252 e. The quantitative estimate of drug-likeness (QED) is 0.836. The van der Waals surface area contributed by atoms with Gasteiger partial charge >= 0.3 is 0 Å². The Balaban J connectivity index is 2.17. The largest absolute Gasteiger partial charge is 0.395 e. The van der Waals surface area contributed by atoms with Crippen LogP contribution in [-0.2, 0) is 0 Å². The molecule has 1 fully saturated rings. The molecule has 1 aliphatic rings. The third kappa shape index (κ3) is 3.99. The molecule has 2 N–H and O–H groups in total. The monoisotopic (exact) mass is 293 g/mol. The maximum absolute atomic E-state index is 13.3. The molecule has 1 heterocycles. The Labute approximate surface area is 122 Å². The highest BCUT2D eigenvalue weighted by molar-refractivity contribution is 7.99. The van der Waals surface area contributed by atoms with E-state index in [9.17, 15) is 9.18 Å². The first kappa shape index (κ1) is 14.9. The van der Waals surface area contributed by atoms with Crippen molar-refractivity contribution in [2.45, 2.75) is 18.9 Å².